The summed E-state index contributed by atoms with van der Waals surface area (Å²) in [5.74, 6) is 0. The van der Waals surface area contributed by atoms with E-state index in [9.17, 15) is 0 Å². The highest BCUT2D eigenvalue weighted by Gasteiger charge is 2.28. The molecule has 1 aliphatic rings. The molecule has 3 atom stereocenters. The molecule has 0 aromatic heterocycles. The Bertz CT molecular complexity index is 376. The van der Waals surface area contributed by atoms with E-state index in [1.165, 1.54) is 37.8 Å². The molecule has 0 aliphatic carbocycles. The van der Waals surface area contributed by atoms with Gasteiger partial charge in [-0.1, -0.05) is 44.2 Å². The van der Waals surface area contributed by atoms with Crippen LogP contribution in [0.3, 0.4) is 0 Å². The molecule has 20 heavy (non-hydrogen) atoms. The van der Waals surface area contributed by atoms with Crippen molar-refractivity contribution < 1.29 is 0 Å². The second-order valence-corrected chi connectivity index (χ2v) is 6.15. The van der Waals surface area contributed by atoms with Crippen LogP contribution >= 0.6 is 0 Å². The number of piperazine rings is 1. The van der Waals surface area contributed by atoms with Crippen molar-refractivity contribution in [1.82, 2.24) is 10.2 Å². The Morgan fingerprint density at radius 2 is 1.95 bits per heavy atom. The number of hydrogen-bond donors (Lipinski definition) is 1. The molecule has 1 fully saturated rings. The standard InChI is InChI=1S/C18H30N2/c1-4-17-14-20(18(5-2)13-19-17)15(3)11-12-16-9-7-6-8-10-16/h6-10,15,17-19H,4-5,11-14H2,1-3H3. The van der Waals surface area contributed by atoms with Gasteiger partial charge in [0, 0.05) is 31.2 Å². The maximum absolute atomic E-state index is 3.69. The predicted molar refractivity (Wildman–Crippen MR) is 87.1 cm³/mol. The zero-order valence-corrected chi connectivity index (χ0v) is 13.3. The molecule has 0 saturated carbocycles. The number of hydrogen-bond acceptors (Lipinski definition) is 2. The monoisotopic (exact) mass is 274 g/mol. The Kier molecular flexibility index (Phi) is 6.06. The van der Waals surface area contributed by atoms with E-state index in [2.05, 4.69) is 61.3 Å². The lowest BCUT2D eigenvalue weighted by atomic mass is 9.99. The van der Waals surface area contributed by atoms with Crippen LogP contribution in [0.4, 0.5) is 0 Å². The van der Waals surface area contributed by atoms with Gasteiger partial charge in [-0.25, -0.2) is 0 Å². The SMILES string of the molecule is CCC1CN(C(C)CCc2ccccc2)C(CC)CN1. The third-order valence-electron chi connectivity index (χ3n) is 4.77. The maximum atomic E-state index is 3.69. The van der Waals surface area contributed by atoms with E-state index in [-0.39, 0.29) is 0 Å². The average Bonchev–Trinajstić information content (AvgIpc) is 2.52. The smallest absolute Gasteiger partial charge is 0.0221 e. The molecule has 2 rings (SSSR count). The van der Waals surface area contributed by atoms with Gasteiger partial charge in [0.2, 0.25) is 0 Å². The van der Waals surface area contributed by atoms with Crippen molar-refractivity contribution in [3.05, 3.63) is 35.9 Å². The molecular formula is C18H30N2. The maximum Gasteiger partial charge on any atom is 0.0221 e. The summed E-state index contributed by atoms with van der Waals surface area (Å²) in [7, 11) is 0. The highest BCUT2D eigenvalue weighted by Crippen LogP contribution is 2.18. The van der Waals surface area contributed by atoms with Gasteiger partial charge < -0.3 is 5.32 Å². The third-order valence-corrected chi connectivity index (χ3v) is 4.77. The van der Waals surface area contributed by atoms with E-state index in [0.717, 1.165) is 6.54 Å². The van der Waals surface area contributed by atoms with Crippen LogP contribution in [0, 0.1) is 0 Å². The van der Waals surface area contributed by atoms with E-state index in [4.69, 9.17) is 0 Å². The van der Waals surface area contributed by atoms with Crippen molar-refractivity contribution in [2.24, 2.45) is 0 Å². The Morgan fingerprint density at radius 1 is 1.20 bits per heavy atom. The summed E-state index contributed by atoms with van der Waals surface area (Å²) in [5.41, 5.74) is 1.47. The lowest BCUT2D eigenvalue weighted by Gasteiger charge is -2.43. The van der Waals surface area contributed by atoms with Crippen molar-refractivity contribution in [2.45, 2.75) is 64.6 Å². The van der Waals surface area contributed by atoms with Crippen molar-refractivity contribution in [3.63, 3.8) is 0 Å². The molecule has 1 saturated heterocycles. The van der Waals surface area contributed by atoms with Crippen LogP contribution in [0.15, 0.2) is 30.3 Å². The van der Waals surface area contributed by atoms with Crippen LogP contribution in [-0.4, -0.2) is 36.1 Å². The first-order valence-corrected chi connectivity index (χ1v) is 8.27. The lowest BCUT2D eigenvalue weighted by Crippen LogP contribution is -2.58. The Balaban J connectivity index is 1.90. The quantitative estimate of drug-likeness (QED) is 0.854. The first kappa shape index (κ1) is 15.5. The van der Waals surface area contributed by atoms with Crippen molar-refractivity contribution in [1.29, 1.82) is 0 Å². The van der Waals surface area contributed by atoms with Gasteiger partial charge in [-0.05, 0) is 38.2 Å². The number of benzene rings is 1. The largest absolute Gasteiger partial charge is 0.311 e. The summed E-state index contributed by atoms with van der Waals surface area (Å²) in [6.45, 7) is 9.38. The highest BCUT2D eigenvalue weighted by atomic mass is 15.2. The molecule has 0 spiro atoms. The fraction of sp³-hybridized carbons (Fsp3) is 0.667. The van der Waals surface area contributed by atoms with Crippen LogP contribution in [0.2, 0.25) is 0 Å². The second-order valence-electron chi connectivity index (χ2n) is 6.15. The van der Waals surface area contributed by atoms with Crippen molar-refractivity contribution in [2.75, 3.05) is 13.1 Å². The first-order chi connectivity index (χ1) is 9.74. The van der Waals surface area contributed by atoms with Gasteiger partial charge in [-0.15, -0.1) is 0 Å². The second kappa shape index (κ2) is 7.80. The fourth-order valence-electron chi connectivity index (χ4n) is 3.27. The van der Waals surface area contributed by atoms with Crippen LogP contribution < -0.4 is 5.32 Å². The molecule has 0 amide bonds. The van der Waals surface area contributed by atoms with Crippen LogP contribution in [-0.2, 0) is 6.42 Å². The van der Waals surface area contributed by atoms with Gasteiger partial charge in [0.1, 0.15) is 0 Å². The fourth-order valence-corrected chi connectivity index (χ4v) is 3.27. The van der Waals surface area contributed by atoms with Crippen molar-refractivity contribution in [3.8, 4) is 0 Å². The van der Waals surface area contributed by atoms with Crippen LogP contribution in [0.1, 0.15) is 45.6 Å². The van der Waals surface area contributed by atoms with Gasteiger partial charge >= 0.3 is 0 Å². The molecule has 2 heteroatoms. The minimum Gasteiger partial charge on any atom is -0.311 e. The molecule has 3 unspecified atom stereocenters. The molecular weight excluding hydrogens is 244 g/mol. The molecule has 1 heterocycles. The molecule has 1 aromatic carbocycles. The summed E-state index contributed by atoms with van der Waals surface area (Å²) >= 11 is 0. The molecule has 0 bridgehead atoms. The minimum atomic E-state index is 0.677. The van der Waals surface area contributed by atoms with Gasteiger partial charge in [-0.2, -0.15) is 0 Å². The normalized spacial score (nSPS) is 25.6. The van der Waals surface area contributed by atoms with Crippen molar-refractivity contribution >= 4 is 0 Å². The summed E-state index contributed by atoms with van der Waals surface area (Å²) in [6.07, 6.45) is 4.94. The topological polar surface area (TPSA) is 15.3 Å². The zero-order valence-electron chi connectivity index (χ0n) is 13.3. The van der Waals surface area contributed by atoms with Gasteiger partial charge in [0.05, 0.1) is 0 Å². The minimum absolute atomic E-state index is 0.677. The Hall–Kier alpha value is -0.860. The zero-order chi connectivity index (χ0) is 14.4. The number of nitrogens with one attached hydrogen (secondary N) is 1. The molecule has 0 radical (unpaired) electrons. The number of nitrogens with zero attached hydrogens (tertiary/aromatic N) is 1. The van der Waals surface area contributed by atoms with E-state index in [0.29, 0.717) is 18.1 Å². The first-order valence-electron chi connectivity index (χ1n) is 8.27. The molecule has 112 valence electrons. The average molecular weight is 274 g/mol. The third kappa shape index (κ3) is 4.07. The summed E-state index contributed by atoms with van der Waals surface area (Å²) in [5, 5.41) is 3.69. The lowest BCUT2D eigenvalue weighted by molar-refractivity contribution is 0.0813. The Morgan fingerprint density at radius 3 is 2.60 bits per heavy atom. The summed E-state index contributed by atoms with van der Waals surface area (Å²) < 4.78 is 0. The van der Waals surface area contributed by atoms with E-state index in [1.807, 2.05) is 0 Å². The van der Waals surface area contributed by atoms with Crippen LogP contribution in [0.25, 0.3) is 0 Å². The number of aryl methyl sites for hydroxylation is 1. The molecule has 1 N–H and O–H groups in total. The van der Waals surface area contributed by atoms with Gasteiger partial charge in [0.15, 0.2) is 0 Å². The Labute approximate surface area is 124 Å². The summed E-state index contributed by atoms with van der Waals surface area (Å²) in [6, 6.07) is 13.0. The predicted octanol–water partition coefficient (Wildman–Crippen LogP) is 3.47. The van der Waals surface area contributed by atoms with Gasteiger partial charge in [0.25, 0.3) is 0 Å². The molecule has 1 aliphatic heterocycles. The highest BCUT2D eigenvalue weighted by molar-refractivity contribution is 5.14. The number of rotatable bonds is 6. The van der Waals surface area contributed by atoms with Gasteiger partial charge in [-0.3, -0.25) is 4.90 Å². The molecule has 1 aromatic rings. The van der Waals surface area contributed by atoms with E-state index in [1.54, 1.807) is 0 Å². The van der Waals surface area contributed by atoms with Crippen LogP contribution in [0.5, 0.6) is 0 Å². The summed E-state index contributed by atoms with van der Waals surface area (Å²) in [4.78, 5) is 2.74. The van der Waals surface area contributed by atoms with E-state index >= 15 is 0 Å². The molecule has 2 nitrogen and oxygen atoms in total. The van der Waals surface area contributed by atoms with E-state index < -0.39 is 0 Å².